The Morgan fingerprint density at radius 3 is 2.60 bits per heavy atom. The van der Waals surface area contributed by atoms with Crippen LogP contribution in [0.25, 0.3) is 0 Å². The molecule has 1 aliphatic heterocycles. The highest BCUT2D eigenvalue weighted by molar-refractivity contribution is 7.13. The Hall–Kier alpha value is -2.51. The van der Waals surface area contributed by atoms with Crippen LogP contribution in [0.15, 0.2) is 36.4 Å². The van der Waals surface area contributed by atoms with Crippen LogP contribution in [0, 0.1) is 0 Å². The zero-order valence-electron chi connectivity index (χ0n) is 17.1. The molecule has 2 aromatic rings. The van der Waals surface area contributed by atoms with E-state index in [1.807, 2.05) is 12.1 Å². The van der Waals surface area contributed by atoms with E-state index >= 15 is 0 Å². The van der Waals surface area contributed by atoms with Crippen molar-refractivity contribution < 1.29 is 24.2 Å². The number of carboxylic acid groups (broad SMARTS) is 1. The number of rotatable bonds is 11. The SMILES string of the molecule is CCCCCC(=O)c1ccc(N2C(=O)CC[C@@H]2COCc2ccc(C(=O)O)s2)cc1. The van der Waals surface area contributed by atoms with Gasteiger partial charge in [0.25, 0.3) is 0 Å². The molecule has 2 heterocycles. The first-order valence-corrected chi connectivity index (χ1v) is 11.2. The second-order valence-corrected chi connectivity index (χ2v) is 8.64. The minimum atomic E-state index is -0.939. The monoisotopic (exact) mass is 429 g/mol. The van der Waals surface area contributed by atoms with Gasteiger partial charge in [-0.05, 0) is 49.2 Å². The molecule has 1 aromatic carbocycles. The van der Waals surface area contributed by atoms with Crippen LogP contribution in [0.1, 0.15) is 70.4 Å². The van der Waals surface area contributed by atoms with Gasteiger partial charge in [-0.15, -0.1) is 11.3 Å². The van der Waals surface area contributed by atoms with Crippen LogP contribution in [0.4, 0.5) is 5.69 Å². The van der Waals surface area contributed by atoms with Gasteiger partial charge < -0.3 is 14.7 Å². The molecule has 0 radical (unpaired) electrons. The number of Topliss-reactive ketones (excluding diaryl/α,β-unsaturated/α-hetero) is 1. The van der Waals surface area contributed by atoms with Crippen molar-refractivity contribution in [3.8, 4) is 0 Å². The summed E-state index contributed by atoms with van der Waals surface area (Å²) >= 11 is 1.20. The van der Waals surface area contributed by atoms with E-state index in [-0.39, 0.29) is 22.6 Å². The smallest absolute Gasteiger partial charge is 0.345 e. The summed E-state index contributed by atoms with van der Waals surface area (Å²) in [7, 11) is 0. The van der Waals surface area contributed by atoms with Gasteiger partial charge in [-0.3, -0.25) is 9.59 Å². The minimum absolute atomic E-state index is 0.0508. The fourth-order valence-corrected chi connectivity index (χ4v) is 4.39. The number of ether oxygens (including phenoxy) is 1. The van der Waals surface area contributed by atoms with Crippen molar-refractivity contribution in [1.29, 1.82) is 0 Å². The zero-order valence-corrected chi connectivity index (χ0v) is 18.0. The first-order valence-electron chi connectivity index (χ1n) is 10.3. The highest BCUT2D eigenvalue weighted by Crippen LogP contribution is 2.28. The molecule has 6 nitrogen and oxygen atoms in total. The van der Waals surface area contributed by atoms with Crippen LogP contribution in [0.2, 0.25) is 0 Å². The average Bonchev–Trinajstić information content (AvgIpc) is 3.35. The van der Waals surface area contributed by atoms with E-state index < -0.39 is 5.97 Å². The van der Waals surface area contributed by atoms with E-state index in [0.717, 1.165) is 29.8 Å². The highest BCUT2D eigenvalue weighted by atomic mass is 32.1. The highest BCUT2D eigenvalue weighted by Gasteiger charge is 2.32. The van der Waals surface area contributed by atoms with E-state index in [1.165, 1.54) is 11.3 Å². The molecule has 0 saturated carbocycles. The number of hydrogen-bond acceptors (Lipinski definition) is 5. The molecule has 1 amide bonds. The number of amides is 1. The van der Waals surface area contributed by atoms with Gasteiger partial charge in [0, 0.05) is 29.0 Å². The quantitative estimate of drug-likeness (QED) is 0.405. The molecule has 30 heavy (non-hydrogen) atoms. The molecule has 1 fully saturated rings. The van der Waals surface area contributed by atoms with Gasteiger partial charge in [-0.25, -0.2) is 4.79 Å². The number of hydrogen-bond donors (Lipinski definition) is 1. The lowest BCUT2D eigenvalue weighted by Crippen LogP contribution is -2.36. The summed E-state index contributed by atoms with van der Waals surface area (Å²) in [6.45, 7) is 2.81. The number of carboxylic acids is 1. The predicted molar refractivity (Wildman–Crippen MR) is 116 cm³/mol. The van der Waals surface area contributed by atoms with Gasteiger partial charge in [0.05, 0.1) is 19.3 Å². The molecule has 3 rings (SSSR count). The molecule has 1 N–H and O–H groups in total. The maximum absolute atomic E-state index is 12.4. The van der Waals surface area contributed by atoms with Crippen LogP contribution < -0.4 is 4.90 Å². The molecule has 0 spiro atoms. The van der Waals surface area contributed by atoms with Crippen molar-refractivity contribution in [2.45, 2.75) is 58.1 Å². The van der Waals surface area contributed by atoms with Crippen molar-refractivity contribution in [1.82, 2.24) is 0 Å². The number of carbonyl (C=O) groups is 3. The van der Waals surface area contributed by atoms with Gasteiger partial charge in [-0.1, -0.05) is 19.8 Å². The topological polar surface area (TPSA) is 83.9 Å². The van der Waals surface area contributed by atoms with Gasteiger partial charge in [0.2, 0.25) is 5.91 Å². The molecule has 1 atom stereocenters. The Morgan fingerprint density at radius 1 is 1.17 bits per heavy atom. The number of anilines is 1. The number of unbranched alkanes of at least 4 members (excludes halogenated alkanes) is 2. The van der Waals surface area contributed by atoms with E-state index in [2.05, 4.69) is 6.92 Å². The largest absolute Gasteiger partial charge is 0.477 e. The van der Waals surface area contributed by atoms with Gasteiger partial charge in [-0.2, -0.15) is 0 Å². The molecule has 160 valence electrons. The Labute approximate surface area is 180 Å². The van der Waals surface area contributed by atoms with Gasteiger partial charge in [0.1, 0.15) is 4.88 Å². The maximum atomic E-state index is 12.4. The zero-order chi connectivity index (χ0) is 21.5. The summed E-state index contributed by atoms with van der Waals surface area (Å²) in [4.78, 5) is 38.5. The van der Waals surface area contributed by atoms with Crippen molar-refractivity contribution in [3.05, 3.63) is 51.7 Å². The summed E-state index contributed by atoms with van der Waals surface area (Å²) < 4.78 is 5.78. The van der Waals surface area contributed by atoms with E-state index in [0.29, 0.717) is 38.0 Å². The molecular weight excluding hydrogens is 402 g/mol. The summed E-state index contributed by atoms with van der Waals surface area (Å²) in [5.41, 5.74) is 1.46. The molecule has 1 aliphatic rings. The standard InChI is InChI=1S/C23H27NO5S/c1-2-3-4-5-20(25)16-6-8-17(9-7-16)24-18(10-13-22(24)26)14-29-15-19-11-12-21(30-19)23(27)28/h6-9,11-12,18H,2-5,10,13-15H2,1H3,(H,27,28)/t18-/m1/s1. The Balaban J connectivity index is 1.57. The van der Waals surface area contributed by atoms with Gasteiger partial charge in [0.15, 0.2) is 5.78 Å². The lowest BCUT2D eigenvalue weighted by atomic mass is 10.0. The Kier molecular flexibility index (Phi) is 7.76. The van der Waals surface area contributed by atoms with Crippen molar-refractivity contribution in [2.24, 2.45) is 0 Å². The minimum Gasteiger partial charge on any atom is -0.477 e. The fraction of sp³-hybridized carbons (Fsp3) is 0.435. The fourth-order valence-electron chi connectivity index (χ4n) is 3.61. The van der Waals surface area contributed by atoms with Crippen molar-refractivity contribution in [3.63, 3.8) is 0 Å². The number of carbonyl (C=O) groups excluding carboxylic acids is 2. The third-order valence-corrected chi connectivity index (χ3v) is 6.27. The van der Waals surface area contributed by atoms with E-state index in [9.17, 15) is 14.4 Å². The van der Waals surface area contributed by atoms with Crippen LogP contribution in [-0.2, 0) is 16.1 Å². The Morgan fingerprint density at radius 2 is 1.93 bits per heavy atom. The number of ketones is 1. The lowest BCUT2D eigenvalue weighted by molar-refractivity contribution is -0.117. The number of nitrogens with zero attached hydrogens (tertiary/aromatic N) is 1. The van der Waals surface area contributed by atoms with Crippen molar-refractivity contribution in [2.75, 3.05) is 11.5 Å². The molecule has 0 bridgehead atoms. The van der Waals surface area contributed by atoms with E-state index in [4.69, 9.17) is 9.84 Å². The summed E-state index contributed by atoms with van der Waals surface area (Å²) in [6, 6.07) is 10.5. The summed E-state index contributed by atoms with van der Waals surface area (Å²) in [6.07, 6.45) is 4.77. The molecule has 7 heteroatoms. The molecule has 1 saturated heterocycles. The lowest BCUT2D eigenvalue weighted by Gasteiger charge is -2.25. The molecule has 0 aliphatic carbocycles. The van der Waals surface area contributed by atoms with Crippen LogP contribution >= 0.6 is 11.3 Å². The van der Waals surface area contributed by atoms with Crippen molar-refractivity contribution >= 4 is 34.7 Å². The first-order chi connectivity index (χ1) is 14.5. The number of thiophene rings is 1. The average molecular weight is 430 g/mol. The Bertz CT molecular complexity index is 889. The van der Waals surface area contributed by atoms with Gasteiger partial charge >= 0.3 is 5.97 Å². The molecule has 0 unspecified atom stereocenters. The predicted octanol–water partition coefficient (Wildman–Crippen LogP) is 4.92. The van der Waals surface area contributed by atoms with Crippen LogP contribution in [0.5, 0.6) is 0 Å². The second kappa shape index (κ2) is 10.5. The normalized spacial score (nSPS) is 16.2. The maximum Gasteiger partial charge on any atom is 0.345 e. The third-order valence-electron chi connectivity index (χ3n) is 5.23. The first kappa shape index (κ1) is 22.2. The number of aromatic carboxylic acids is 1. The third kappa shape index (κ3) is 5.55. The van der Waals surface area contributed by atoms with E-state index in [1.54, 1.807) is 29.2 Å². The molecular formula is C23H27NO5S. The molecule has 1 aromatic heterocycles. The summed E-state index contributed by atoms with van der Waals surface area (Å²) in [5, 5.41) is 9.00. The van der Waals surface area contributed by atoms with Crippen LogP contribution in [0.3, 0.4) is 0 Å². The summed E-state index contributed by atoms with van der Waals surface area (Å²) in [5.74, 6) is -0.750. The van der Waals surface area contributed by atoms with Crippen LogP contribution in [-0.4, -0.2) is 35.4 Å². The second-order valence-electron chi connectivity index (χ2n) is 7.47. The number of benzene rings is 1.